The van der Waals surface area contributed by atoms with Crippen LogP contribution < -0.4 is 0 Å². The van der Waals surface area contributed by atoms with Gasteiger partial charge in [0.2, 0.25) is 5.91 Å². The molecule has 1 aliphatic heterocycles. The van der Waals surface area contributed by atoms with Gasteiger partial charge in [-0.1, -0.05) is 32.0 Å². The lowest BCUT2D eigenvalue weighted by Gasteiger charge is -2.50. The van der Waals surface area contributed by atoms with Crippen molar-refractivity contribution in [1.29, 1.82) is 5.26 Å². The van der Waals surface area contributed by atoms with E-state index >= 15 is 0 Å². The van der Waals surface area contributed by atoms with Crippen LogP contribution in [0, 0.1) is 22.6 Å². The highest BCUT2D eigenvalue weighted by atomic mass is 19.1. The highest BCUT2D eigenvalue weighted by Gasteiger charge is 2.48. The zero-order valence-electron chi connectivity index (χ0n) is 12.1. The molecular formula is C16H19FN2O. The Hall–Kier alpha value is -1.89. The Morgan fingerprint density at radius 3 is 2.60 bits per heavy atom. The number of hydrogen-bond acceptors (Lipinski definition) is 2. The third-order valence-corrected chi connectivity index (χ3v) is 4.32. The lowest BCUT2D eigenvalue weighted by molar-refractivity contribution is -0.146. The summed E-state index contributed by atoms with van der Waals surface area (Å²) in [5, 5.41) is 9.16. The molecule has 20 heavy (non-hydrogen) atoms. The number of carbonyl (C=O) groups excluding carboxylic acids is 1. The predicted molar refractivity (Wildman–Crippen MR) is 74.3 cm³/mol. The van der Waals surface area contributed by atoms with Crippen molar-refractivity contribution in [3.05, 3.63) is 35.6 Å². The van der Waals surface area contributed by atoms with Crippen molar-refractivity contribution < 1.29 is 9.18 Å². The molecule has 1 heterocycles. The molecule has 0 spiro atoms. The molecule has 1 unspecified atom stereocenters. The molecular weight excluding hydrogens is 255 g/mol. The van der Waals surface area contributed by atoms with Gasteiger partial charge in [0.1, 0.15) is 11.2 Å². The third-order valence-electron chi connectivity index (χ3n) is 4.32. The van der Waals surface area contributed by atoms with E-state index in [1.54, 1.807) is 30.0 Å². The van der Waals surface area contributed by atoms with Gasteiger partial charge in [-0.3, -0.25) is 4.79 Å². The number of benzene rings is 1. The van der Waals surface area contributed by atoms with Crippen molar-refractivity contribution in [2.75, 3.05) is 13.1 Å². The maximum atomic E-state index is 13.8. The summed E-state index contributed by atoms with van der Waals surface area (Å²) in [6, 6.07) is 8.76. The molecule has 1 saturated heterocycles. The molecule has 1 aliphatic rings. The molecule has 1 atom stereocenters. The topological polar surface area (TPSA) is 44.1 Å². The van der Waals surface area contributed by atoms with E-state index in [1.807, 2.05) is 13.8 Å². The smallest absolute Gasteiger partial charge is 0.242 e. The van der Waals surface area contributed by atoms with E-state index in [1.165, 1.54) is 6.07 Å². The molecule has 3 nitrogen and oxygen atoms in total. The fraction of sp³-hybridized carbons (Fsp3) is 0.500. The van der Waals surface area contributed by atoms with Gasteiger partial charge in [-0.2, -0.15) is 5.26 Å². The molecule has 4 heteroatoms. The first-order chi connectivity index (χ1) is 9.36. The summed E-state index contributed by atoms with van der Waals surface area (Å²) < 4.78 is 13.8. The number of hydrogen-bond donors (Lipinski definition) is 0. The summed E-state index contributed by atoms with van der Waals surface area (Å²) in [7, 11) is 0. The third kappa shape index (κ3) is 2.18. The largest absolute Gasteiger partial charge is 0.339 e. The number of nitriles is 1. The Kier molecular flexibility index (Phi) is 3.56. The van der Waals surface area contributed by atoms with Crippen molar-refractivity contribution in [2.24, 2.45) is 5.41 Å². The molecule has 1 fully saturated rings. The molecule has 0 radical (unpaired) electrons. The zero-order chi connectivity index (χ0) is 15.0. The molecule has 0 aromatic heterocycles. The van der Waals surface area contributed by atoms with Gasteiger partial charge in [0.05, 0.1) is 6.07 Å². The van der Waals surface area contributed by atoms with Gasteiger partial charge in [0.25, 0.3) is 0 Å². The van der Waals surface area contributed by atoms with Gasteiger partial charge in [0, 0.05) is 18.5 Å². The second-order valence-corrected chi connectivity index (χ2v) is 6.00. The average molecular weight is 274 g/mol. The van der Waals surface area contributed by atoms with Gasteiger partial charge < -0.3 is 4.90 Å². The Morgan fingerprint density at radius 1 is 1.50 bits per heavy atom. The summed E-state index contributed by atoms with van der Waals surface area (Å²) >= 11 is 0. The van der Waals surface area contributed by atoms with E-state index in [0.29, 0.717) is 25.1 Å². The first-order valence-corrected chi connectivity index (χ1v) is 6.82. The summed E-state index contributed by atoms with van der Waals surface area (Å²) in [4.78, 5) is 14.0. The number of halogens is 1. The standard InChI is InChI=1S/C16H19FN2O/c1-4-15(2,9-18)14(20)19-10-16(3,11-19)12-7-5-6-8-13(12)17/h5-8H,4,10-11H2,1-3H3. The van der Waals surface area contributed by atoms with Crippen LogP contribution in [0.1, 0.15) is 32.8 Å². The van der Waals surface area contributed by atoms with Crippen LogP contribution in [-0.2, 0) is 10.2 Å². The first kappa shape index (κ1) is 14.5. The second kappa shape index (κ2) is 4.90. The quantitative estimate of drug-likeness (QED) is 0.850. The van der Waals surface area contributed by atoms with Crippen LogP contribution in [0.2, 0.25) is 0 Å². The van der Waals surface area contributed by atoms with Crippen LogP contribution in [0.3, 0.4) is 0 Å². The Labute approximate surface area is 119 Å². The van der Waals surface area contributed by atoms with Crippen molar-refractivity contribution >= 4 is 5.91 Å². The van der Waals surface area contributed by atoms with E-state index < -0.39 is 5.41 Å². The van der Waals surface area contributed by atoms with E-state index in [0.717, 1.165) is 0 Å². The normalized spacial score (nSPS) is 19.6. The Morgan fingerprint density at radius 2 is 2.10 bits per heavy atom. The fourth-order valence-electron chi connectivity index (χ4n) is 2.69. The second-order valence-electron chi connectivity index (χ2n) is 6.00. The zero-order valence-corrected chi connectivity index (χ0v) is 12.1. The van der Waals surface area contributed by atoms with Gasteiger partial charge >= 0.3 is 0 Å². The van der Waals surface area contributed by atoms with Gasteiger partial charge in [0.15, 0.2) is 0 Å². The van der Waals surface area contributed by atoms with Crippen molar-refractivity contribution in [3.63, 3.8) is 0 Å². The van der Waals surface area contributed by atoms with Crippen LogP contribution in [0.15, 0.2) is 24.3 Å². The predicted octanol–water partition coefficient (Wildman–Crippen LogP) is 2.87. The SMILES string of the molecule is CCC(C)(C#N)C(=O)N1CC(C)(c2ccccc2F)C1. The van der Waals surface area contributed by atoms with Crippen molar-refractivity contribution in [1.82, 2.24) is 4.90 Å². The van der Waals surface area contributed by atoms with Gasteiger partial charge in [-0.15, -0.1) is 0 Å². The van der Waals surface area contributed by atoms with E-state index in [-0.39, 0.29) is 17.1 Å². The number of nitrogens with zero attached hydrogens (tertiary/aromatic N) is 2. The van der Waals surface area contributed by atoms with Crippen LogP contribution in [-0.4, -0.2) is 23.9 Å². The van der Waals surface area contributed by atoms with Crippen molar-refractivity contribution in [2.45, 2.75) is 32.6 Å². The lowest BCUT2D eigenvalue weighted by Crippen LogP contribution is -2.62. The number of rotatable bonds is 3. The summed E-state index contributed by atoms with van der Waals surface area (Å²) in [6.45, 7) is 6.37. The summed E-state index contributed by atoms with van der Waals surface area (Å²) in [5.74, 6) is -0.392. The summed E-state index contributed by atoms with van der Waals surface area (Å²) in [6.07, 6.45) is 0.481. The molecule has 2 rings (SSSR count). The Balaban J connectivity index is 2.14. The lowest BCUT2D eigenvalue weighted by atomic mass is 9.73. The minimum Gasteiger partial charge on any atom is -0.339 e. The van der Waals surface area contributed by atoms with Crippen LogP contribution in [0.4, 0.5) is 4.39 Å². The minimum absolute atomic E-state index is 0.156. The van der Waals surface area contributed by atoms with Crippen molar-refractivity contribution in [3.8, 4) is 6.07 Å². The molecule has 1 amide bonds. The number of likely N-dealkylation sites (tertiary alicyclic amines) is 1. The van der Waals surface area contributed by atoms with E-state index in [2.05, 4.69) is 6.07 Å². The average Bonchev–Trinajstić information content (AvgIpc) is 2.42. The van der Waals surface area contributed by atoms with Crippen LogP contribution in [0.25, 0.3) is 0 Å². The monoisotopic (exact) mass is 274 g/mol. The Bertz CT molecular complexity index is 572. The number of amides is 1. The molecule has 0 N–H and O–H groups in total. The van der Waals surface area contributed by atoms with Crippen LogP contribution in [0.5, 0.6) is 0 Å². The fourth-order valence-corrected chi connectivity index (χ4v) is 2.69. The highest BCUT2D eigenvalue weighted by Crippen LogP contribution is 2.38. The van der Waals surface area contributed by atoms with E-state index in [4.69, 9.17) is 5.26 Å². The van der Waals surface area contributed by atoms with Crippen LogP contribution >= 0.6 is 0 Å². The molecule has 1 aromatic rings. The maximum absolute atomic E-state index is 13.8. The number of carbonyl (C=O) groups is 1. The molecule has 0 bridgehead atoms. The van der Waals surface area contributed by atoms with Gasteiger partial charge in [-0.05, 0) is 25.0 Å². The highest BCUT2D eigenvalue weighted by molar-refractivity contribution is 5.86. The molecule has 106 valence electrons. The first-order valence-electron chi connectivity index (χ1n) is 6.82. The van der Waals surface area contributed by atoms with E-state index in [9.17, 15) is 9.18 Å². The van der Waals surface area contributed by atoms with Gasteiger partial charge in [-0.25, -0.2) is 4.39 Å². The maximum Gasteiger partial charge on any atom is 0.242 e. The minimum atomic E-state index is -0.976. The summed E-state index contributed by atoms with van der Waals surface area (Å²) in [5.41, 5.74) is -0.694. The molecule has 0 saturated carbocycles. The molecule has 1 aromatic carbocycles. The molecule has 0 aliphatic carbocycles.